The first kappa shape index (κ1) is 16.3. The Balaban J connectivity index is 1.43. The van der Waals surface area contributed by atoms with E-state index >= 15 is 0 Å². The standard InChI is InChI=1S/C20H29FN2O/c1-24-20-7-6-15(12-18(20)21)13-23-11-9-16-8-10-22(14-19(16)23)17-4-2-3-5-17/h6-7,12,16-17,19H,2-5,8-11,13-14H2,1H3. The van der Waals surface area contributed by atoms with E-state index in [2.05, 4.69) is 9.80 Å². The molecule has 24 heavy (non-hydrogen) atoms. The first-order valence-electron chi connectivity index (χ1n) is 9.55. The minimum Gasteiger partial charge on any atom is -0.494 e. The second-order valence-electron chi connectivity index (χ2n) is 7.78. The van der Waals surface area contributed by atoms with Gasteiger partial charge in [0.2, 0.25) is 0 Å². The number of likely N-dealkylation sites (tertiary alicyclic amines) is 2. The van der Waals surface area contributed by atoms with Crippen LogP contribution in [-0.2, 0) is 6.54 Å². The maximum absolute atomic E-state index is 14.0. The molecular formula is C20H29FN2O. The molecule has 2 aliphatic heterocycles. The smallest absolute Gasteiger partial charge is 0.165 e. The van der Waals surface area contributed by atoms with Gasteiger partial charge in [-0.1, -0.05) is 18.9 Å². The monoisotopic (exact) mass is 332 g/mol. The third-order valence-corrected chi connectivity index (χ3v) is 6.45. The van der Waals surface area contributed by atoms with E-state index in [0.717, 1.165) is 30.6 Å². The van der Waals surface area contributed by atoms with Gasteiger partial charge in [-0.05, 0) is 62.4 Å². The lowest BCUT2D eigenvalue weighted by Crippen LogP contribution is -2.50. The summed E-state index contributed by atoms with van der Waals surface area (Å²) in [5, 5.41) is 0. The zero-order valence-electron chi connectivity index (χ0n) is 14.7. The van der Waals surface area contributed by atoms with Crippen LogP contribution in [0.15, 0.2) is 18.2 Å². The average Bonchev–Trinajstić information content (AvgIpc) is 3.25. The molecule has 0 spiro atoms. The molecule has 2 heterocycles. The van der Waals surface area contributed by atoms with Gasteiger partial charge in [0.15, 0.2) is 11.6 Å². The SMILES string of the molecule is COc1ccc(CN2CCC3CCN(C4CCCC4)CC32)cc1F. The van der Waals surface area contributed by atoms with E-state index in [1.807, 2.05) is 6.07 Å². The Bertz CT molecular complexity index is 573. The molecule has 1 aliphatic carbocycles. The number of methoxy groups -OCH3 is 1. The molecule has 4 rings (SSSR count). The van der Waals surface area contributed by atoms with Crippen molar-refractivity contribution >= 4 is 0 Å². The summed E-state index contributed by atoms with van der Waals surface area (Å²) in [6.07, 6.45) is 8.24. The molecule has 0 radical (unpaired) electrons. The van der Waals surface area contributed by atoms with Crippen molar-refractivity contribution in [2.24, 2.45) is 5.92 Å². The number of hydrogen-bond acceptors (Lipinski definition) is 3. The van der Waals surface area contributed by atoms with Crippen LogP contribution in [-0.4, -0.2) is 48.6 Å². The molecule has 1 aromatic rings. The topological polar surface area (TPSA) is 15.7 Å². The van der Waals surface area contributed by atoms with Crippen LogP contribution >= 0.6 is 0 Å². The number of hydrogen-bond donors (Lipinski definition) is 0. The molecule has 3 fully saturated rings. The van der Waals surface area contributed by atoms with Crippen LogP contribution in [0.1, 0.15) is 44.1 Å². The Morgan fingerprint density at radius 1 is 1.12 bits per heavy atom. The zero-order valence-corrected chi connectivity index (χ0v) is 14.7. The lowest BCUT2D eigenvalue weighted by molar-refractivity contribution is 0.0721. The van der Waals surface area contributed by atoms with E-state index in [1.54, 1.807) is 12.1 Å². The molecule has 3 aliphatic rings. The highest BCUT2D eigenvalue weighted by Crippen LogP contribution is 2.36. The van der Waals surface area contributed by atoms with Crippen molar-refractivity contribution in [2.75, 3.05) is 26.7 Å². The number of rotatable bonds is 4. The normalized spacial score (nSPS) is 29.1. The highest BCUT2D eigenvalue weighted by Gasteiger charge is 2.40. The summed E-state index contributed by atoms with van der Waals surface area (Å²) in [6, 6.07) is 6.89. The van der Waals surface area contributed by atoms with Crippen molar-refractivity contribution < 1.29 is 9.13 Å². The van der Waals surface area contributed by atoms with Gasteiger partial charge >= 0.3 is 0 Å². The molecule has 1 saturated carbocycles. The van der Waals surface area contributed by atoms with Gasteiger partial charge in [-0.3, -0.25) is 9.80 Å². The summed E-state index contributed by atoms with van der Waals surface area (Å²) in [4.78, 5) is 5.34. The minimum atomic E-state index is -0.248. The number of benzene rings is 1. The average molecular weight is 332 g/mol. The van der Waals surface area contributed by atoms with Crippen molar-refractivity contribution in [1.29, 1.82) is 0 Å². The van der Waals surface area contributed by atoms with Crippen molar-refractivity contribution in [1.82, 2.24) is 9.80 Å². The van der Waals surface area contributed by atoms with Crippen molar-refractivity contribution in [3.8, 4) is 5.75 Å². The van der Waals surface area contributed by atoms with Gasteiger partial charge in [-0.2, -0.15) is 0 Å². The quantitative estimate of drug-likeness (QED) is 0.837. The molecule has 2 saturated heterocycles. The molecular weight excluding hydrogens is 303 g/mol. The summed E-state index contributed by atoms with van der Waals surface area (Å²) in [5.41, 5.74) is 1.06. The molecule has 132 valence electrons. The van der Waals surface area contributed by atoms with Crippen LogP contribution in [0.25, 0.3) is 0 Å². The first-order valence-corrected chi connectivity index (χ1v) is 9.55. The van der Waals surface area contributed by atoms with Gasteiger partial charge in [-0.15, -0.1) is 0 Å². The lowest BCUT2D eigenvalue weighted by Gasteiger charge is -2.41. The Labute approximate surface area is 144 Å². The van der Waals surface area contributed by atoms with Gasteiger partial charge in [0.25, 0.3) is 0 Å². The van der Waals surface area contributed by atoms with Gasteiger partial charge in [0.1, 0.15) is 0 Å². The van der Waals surface area contributed by atoms with Crippen LogP contribution in [0.5, 0.6) is 5.75 Å². The van der Waals surface area contributed by atoms with Gasteiger partial charge in [0.05, 0.1) is 7.11 Å². The van der Waals surface area contributed by atoms with E-state index in [0.29, 0.717) is 11.8 Å². The highest BCUT2D eigenvalue weighted by molar-refractivity contribution is 5.29. The Kier molecular flexibility index (Phi) is 4.77. The predicted octanol–water partition coefficient (Wildman–Crippen LogP) is 3.67. The number of ether oxygens (including phenoxy) is 1. The second kappa shape index (κ2) is 7.01. The molecule has 1 aromatic carbocycles. The number of piperidine rings is 1. The number of fused-ring (bicyclic) bond motifs is 1. The molecule has 4 heteroatoms. The first-order chi connectivity index (χ1) is 11.7. The maximum atomic E-state index is 14.0. The molecule has 0 bridgehead atoms. The van der Waals surface area contributed by atoms with Crippen LogP contribution in [0.4, 0.5) is 4.39 Å². The van der Waals surface area contributed by atoms with E-state index in [9.17, 15) is 4.39 Å². The minimum absolute atomic E-state index is 0.248. The Morgan fingerprint density at radius 3 is 2.67 bits per heavy atom. The zero-order chi connectivity index (χ0) is 16.5. The molecule has 2 unspecified atom stereocenters. The van der Waals surface area contributed by atoms with E-state index in [1.165, 1.54) is 58.7 Å². The van der Waals surface area contributed by atoms with E-state index in [4.69, 9.17) is 4.74 Å². The lowest BCUT2D eigenvalue weighted by atomic mass is 9.91. The fourth-order valence-electron chi connectivity index (χ4n) is 5.09. The summed E-state index contributed by atoms with van der Waals surface area (Å²) >= 11 is 0. The van der Waals surface area contributed by atoms with Crippen LogP contribution < -0.4 is 4.74 Å². The van der Waals surface area contributed by atoms with Crippen molar-refractivity contribution in [2.45, 2.75) is 57.2 Å². The molecule has 0 aromatic heterocycles. The molecule has 0 N–H and O–H groups in total. The van der Waals surface area contributed by atoms with Crippen molar-refractivity contribution in [3.63, 3.8) is 0 Å². The van der Waals surface area contributed by atoms with Gasteiger partial charge < -0.3 is 4.74 Å². The molecule has 0 amide bonds. The number of halogens is 1. The molecule has 2 atom stereocenters. The fourth-order valence-corrected chi connectivity index (χ4v) is 5.09. The third-order valence-electron chi connectivity index (χ3n) is 6.45. The maximum Gasteiger partial charge on any atom is 0.165 e. The molecule has 3 nitrogen and oxygen atoms in total. The summed E-state index contributed by atoms with van der Waals surface area (Å²) in [6.45, 7) is 4.52. The number of nitrogens with zero attached hydrogens (tertiary/aromatic N) is 2. The predicted molar refractivity (Wildman–Crippen MR) is 93.7 cm³/mol. The Hall–Kier alpha value is -1.13. The Morgan fingerprint density at radius 2 is 1.92 bits per heavy atom. The second-order valence-corrected chi connectivity index (χ2v) is 7.78. The fraction of sp³-hybridized carbons (Fsp3) is 0.700. The van der Waals surface area contributed by atoms with Crippen LogP contribution in [0, 0.1) is 11.7 Å². The van der Waals surface area contributed by atoms with Crippen LogP contribution in [0.2, 0.25) is 0 Å². The van der Waals surface area contributed by atoms with Gasteiger partial charge in [0, 0.05) is 25.2 Å². The van der Waals surface area contributed by atoms with Crippen LogP contribution in [0.3, 0.4) is 0 Å². The summed E-state index contributed by atoms with van der Waals surface area (Å²) in [7, 11) is 1.52. The van der Waals surface area contributed by atoms with E-state index < -0.39 is 0 Å². The van der Waals surface area contributed by atoms with Gasteiger partial charge in [-0.25, -0.2) is 4.39 Å². The largest absolute Gasteiger partial charge is 0.494 e. The highest BCUT2D eigenvalue weighted by atomic mass is 19.1. The van der Waals surface area contributed by atoms with E-state index in [-0.39, 0.29) is 5.82 Å². The third kappa shape index (κ3) is 3.18. The summed E-state index contributed by atoms with van der Waals surface area (Å²) in [5.74, 6) is 0.927. The summed E-state index contributed by atoms with van der Waals surface area (Å²) < 4.78 is 19.0. The van der Waals surface area contributed by atoms with Crippen molar-refractivity contribution in [3.05, 3.63) is 29.6 Å².